The van der Waals surface area contributed by atoms with E-state index in [-0.39, 0.29) is 0 Å². The van der Waals surface area contributed by atoms with Gasteiger partial charge in [0.15, 0.2) is 0 Å². The lowest BCUT2D eigenvalue weighted by atomic mass is 10.1. The molecule has 0 unspecified atom stereocenters. The number of rotatable bonds is 4. The minimum Gasteiger partial charge on any atom is -0.374 e. The van der Waals surface area contributed by atoms with Crippen LogP contribution >= 0.6 is 0 Å². The number of likely N-dealkylation sites (N-methyl/N-ethyl adjacent to an activating group) is 1. The van der Waals surface area contributed by atoms with E-state index in [9.17, 15) is 0 Å². The minimum atomic E-state index is 0.294. The van der Waals surface area contributed by atoms with Gasteiger partial charge >= 0.3 is 0 Å². The normalized spacial score (nSPS) is 20.4. The molecule has 0 N–H and O–H groups in total. The van der Waals surface area contributed by atoms with Crippen LogP contribution in [0.4, 0.5) is 0 Å². The third kappa shape index (κ3) is 4.32. The van der Waals surface area contributed by atoms with E-state index in [1.165, 1.54) is 5.56 Å². The van der Waals surface area contributed by atoms with Crippen LogP contribution in [0.25, 0.3) is 0 Å². The Kier molecular flexibility index (Phi) is 4.92. The van der Waals surface area contributed by atoms with Crippen molar-refractivity contribution in [3.8, 4) is 6.07 Å². The Hall–Kier alpha value is -1.41. The zero-order valence-corrected chi connectivity index (χ0v) is 11.7. The van der Waals surface area contributed by atoms with Gasteiger partial charge in [-0.1, -0.05) is 12.1 Å². The molecule has 4 heteroatoms. The number of morpholine rings is 1. The summed E-state index contributed by atoms with van der Waals surface area (Å²) in [6, 6.07) is 9.98. The second kappa shape index (κ2) is 6.67. The van der Waals surface area contributed by atoms with Gasteiger partial charge in [0.1, 0.15) is 0 Å². The smallest absolute Gasteiger partial charge is 0.0991 e. The summed E-state index contributed by atoms with van der Waals surface area (Å²) in [4.78, 5) is 4.58. The van der Waals surface area contributed by atoms with Crippen molar-refractivity contribution in [1.29, 1.82) is 5.26 Å². The number of hydrogen-bond acceptors (Lipinski definition) is 4. The number of benzene rings is 1. The van der Waals surface area contributed by atoms with Crippen molar-refractivity contribution in [3.05, 3.63) is 35.4 Å². The Morgan fingerprint density at radius 1 is 1.37 bits per heavy atom. The van der Waals surface area contributed by atoms with Crippen LogP contribution in [-0.4, -0.2) is 56.2 Å². The van der Waals surface area contributed by atoms with Crippen LogP contribution < -0.4 is 0 Å². The van der Waals surface area contributed by atoms with Crippen LogP contribution in [0.2, 0.25) is 0 Å². The molecule has 1 aromatic carbocycles. The number of hydrogen-bond donors (Lipinski definition) is 0. The molecule has 0 spiro atoms. The van der Waals surface area contributed by atoms with Crippen molar-refractivity contribution in [3.63, 3.8) is 0 Å². The maximum atomic E-state index is 8.79. The quantitative estimate of drug-likeness (QED) is 0.817. The number of nitrogens with zero attached hydrogens (tertiary/aromatic N) is 3. The Morgan fingerprint density at radius 3 is 2.74 bits per heavy atom. The highest BCUT2D eigenvalue weighted by molar-refractivity contribution is 5.31. The Labute approximate surface area is 115 Å². The summed E-state index contributed by atoms with van der Waals surface area (Å²) >= 11 is 0. The van der Waals surface area contributed by atoms with Crippen molar-refractivity contribution >= 4 is 0 Å². The van der Waals surface area contributed by atoms with Gasteiger partial charge in [0.05, 0.1) is 24.3 Å². The lowest BCUT2D eigenvalue weighted by Gasteiger charge is -2.34. The molecule has 2 rings (SSSR count). The van der Waals surface area contributed by atoms with Gasteiger partial charge in [-0.3, -0.25) is 4.90 Å². The standard InChI is InChI=1S/C15H21N3O/c1-17(2)11-15-12-18(7-8-19-15)10-14-5-3-13(9-16)4-6-14/h3-6,15H,7-8,10-12H2,1-2H3/t15-/m1/s1. The van der Waals surface area contributed by atoms with Crippen LogP contribution in [-0.2, 0) is 11.3 Å². The van der Waals surface area contributed by atoms with Gasteiger partial charge in [-0.05, 0) is 31.8 Å². The molecule has 1 atom stereocenters. The van der Waals surface area contributed by atoms with E-state index in [4.69, 9.17) is 10.00 Å². The zero-order valence-electron chi connectivity index (χ0n) is 11.7. The first-order valence-electron chi connectivity index (χ1n) is 6.65. The van der Waals surface area contributed by atoms with E-state index >= 15 is 0 Å². The molecule has 0 amide bonds. The Balaban J connectivity index is 1.89. The van der Waals surface area contributed by atoms with Gasteiger partial charge in [0.2, 0.25) is 0 Å². The van der Waals surface area contributed by atoms with E-state index < -0.39 is 0 Å². The molecule has 1 aromatic rings. The highest BCUT2D eigenvalue weighted by Crippen LogP contribution is 2.11. The average Bonchev–Trinajstić information content (AvgIpc) is 2.39. The van der Waals surface area contributed by atoms with Crippen molar-refractivity contribution in [2.75, 3.05) is 40.3 Å². The van der Waals surface area contributed by atoms with Gasteiger partial charge < -0.3 is 9.64 Å². The van der Waals surface area contributed by atoms with Gasteiger partial charge in [-0.15, -0.1) is 0 Å². The fourth-order valence-electron chi connectivity index (χ4n) is 2.38. The third-order valence-electron chi connectivity index (χ3n) is 3.28. The lowest BCUT2D eigenvalue weighted by Crippen LogP contribution is -2.45. The van der Waals surface area contributed by atoms with E-state index in [2.05, 4.69) is 30.0 Å². The van der Waals surface area contributed by atoms with Crippen LogP contribution in [0.1, 0.15) is 11.1 Å². The largest absolute Gasteiger partial charge is 0.374 e. The molecule has 1 saturated heterocycles. The van der Waals surface area contributed by atoms with E-state index in [1.54, 1.807) is 0 Å². The molecule has 0 radical (unpaired) electrons. The van der Waals surface area contributed by atoms with Crippen LogP contribution in [0.15, 0.2) is 24.3 Å². The number of ether oxygens (including phenoxy) is 1. The summed E-state index contributed by atoms with van der Waals surface area (Å²) in [6.45, 7) is 4.64. The molecular formula is C15H21N3O. The molecule has 1 heterocycles. The van der Waals surface area contributed by atoms with Gasteiger partial charge in [0, 0.05) is 26.2 Å². The third-order valence-corrected chi connectivity index (χ3v) is 3.28. The summed E-state index contributed by atoms with van der Waals surface area (Å²) in [5.74, 6) is 0. The number of nitriles is 1. The molecule has 0 bridgehead atoms. The first-order valence-corrected chi connectivity index (χ1v) is 6.65. The second-order valence-corrected chi connectivity index (χ2v) is 5.30. The fraction of sp³-hybridized carbons (Fsp3) is 0.533. The van der Waals surface area contributed by atoms with Gasteiger partial charge in [-0.25, -0.2) is 0 Å². The molecule has 1 aliphatic rings. The molecule has 19 heavy (non-hydrogen) atoms. The predicted octanol–water partition coefficient (Wildman–Crippen LogP) is 1.32. The first-order chi connectivity index (χ1) is 9.17. The summed E-state index contributed by atoms with van der Waals surface area (Å²) in [5, 5.41) is 8.79. The molecule has 0 aliphatic carbocycles. The van der Waals surface area contributed by atoms with Crippen molar-refractivity contribution < 1.29 is 4.74 Å². The molecule has 1 fully saturated rings. The molecular weight excluding hydrogens is 238 g/mol. The summed E-state index contributed by atoms with van der Waals surface area (Å²) in [7, 11) is 4.14. The van der Waals surface area contributed by atoms with Crippen LogP contribution in [0.5, 0.6) is 0 Å². The molecule has 1 aliphatic heterocycles. The van der Waals surface area contributed by atoms with E-state index in [0.29, 0.717) is 6.10 Å². The highest BCUT2D eigenvalue weighted by atomic mass is 16.5. The Bertz CT molecular complexity index is 436. The zero-order chi connectivity index (χ0) is 13.7. The fourth-order valence-corrected chi connectivity index (χ4v) is 2.38. The van der Waals surface area contributed by atoms with E-state index in [0.717, 1.165) is 38.3 Å². The molecule has 0 aromatic heterocycles. The second-order valence-electron chi connectivity index (χ2n) is 5.30. The average molecular weight is 259 g/mol. The van der Waals surface area contributed by atoms with Crippen LogP contribution in [0.3, 0.4) is 0 Å². The molecule has 4 nitrogen and oxygen atoms in total. The maximum absolute atomic E-state index is 8.79. The van der Waals surface area contributed by atoms with Gasteiger partial charge in [-0.2, -0.15) is 5.26 Å². The highest BCUT2D eigenvalue weighted by Gasteiger charge is 2.20. The predicted molar refractivity (Wildman–Crippen MR) is 74.7 cm³/mol. The van der Waals surface area contributed by atoms with Crippen LogP contribution in [0, 0.1) is 11.3 Å². The van der Waals surface area contributed by atoms with Crippen molar-refractivity contribution in [2.24, 2.45) is 0 Å². The summed E-state index contributed by atoms with van der Waals surface area (Å²) in [6.07, 6.45) is 0.294. The Morgan fingerprint density at radius 2 is 2.11 bits per heavy atom. The van der Waals surface area contributed by atoms with Gasteiger partial charge in [0.25, 0.3) is 0 Å². The molecule has 0 saturated carbocycles. The maximum Gasteiger partial charge on any atom is 0.0991 e. The monoisotopic (exact) mass is 259 g/mol. The van der Waals surface area contributed by atoms with E-state index in [1.807, 2.05) is 24.3 Å². The molecule has 102 valence electrons. The summed E-state index contributed by atoms with van der Waals surface area (Å²) in [5.41, 5.74) is 1.97. The minimum absolute atomic E-state index is 0.294. The van der Waals surface area contributed by atoms with Crippen molar-refractivity contribution in [2.45, 2.75) is 12.6 Å². The summed E-state index contributed by atoms with van der Waals surface area (Å²) < 4.78 is 5.77. The first kappa shape index (κ1) is 14.0. The lowest BCUT2D eigenvalue weighted by molar-refractivity contribution is -0.0406. The topological polar surface area (TPSA) is 39.5 Å². The van der Waals surface area contributed by atoms with Crippen molar-refractivity contribution in [1.82, 2.24) is 9.80 Å². The SMILES string of the molecule is CN(C)C[C@@H]1CN(Cc2ccc(C#N)cc2)CCO1.